The van der Waals surface area contributed by atoms with Crippen molar-refractivity contribution in [2.45, 2.75) is 33.4 Å². The molecule has 1 heterocycles. The molecular formula is C23H27Cl2N3O6S. The maximum Gasteiger partial charge on any atom is 0.244 e. The number of carbonyl (C=O) groups is 2. The molecule has 9 nitrogen and oxygen atoms in total. The van der Waals surface area contributed by atoms with Crippen LogP contribution in [0.1, 0.15) is 26.3 Å². The van der Waals surface area contributed by atoms with Crippen molar-refractivity contribution in [3.63, 3.8) is 0 Å². The number of nitrogens with one attached hydrogen (secondary N) is 1. The minimum absolute atomic E-state index is 0.0230. The minimum Gasteiger partial charge on any atom is -0.454 e. The normalized spacial score (nSPS) is 13.3. The molecule has 0 bridgehead atoms. The highest BCUT2D eigenvalue weighted by Crippen LogP contribution is 2.36. The van der Waals surface area contributed by atoms with E-state index in [0.717, 1.165) is 4.31 Å². The number of carbonyl (C=O) groups excluding carboxylic acids is 2. The van der Waals surface area contributed by atoms with Gasteiger partial charge in [-0.25, -0.2) is 8.42 Å². The van der Waals surface area contributed by atoms with Crippen LogP contribution in [0.25, 0.3) is 0 Å². The number of fused-ring (bicyclic) bond motifs is 1. The van der Waals surface area contributed by atoms with Crippen LogP contribution >= 0.6 is 23.2 Å². The monoisotopic (exact) mass is 543 g/mol. The first-order valence-electron chi connectivity index (χ1n) is 11.0. The largest absolute Gasteiger partial charge is 0.454 e. The highest BCUT2D eigenvalue weighted by molar-refractivity contribution is 7.92. The Morgan fingerprint density at radius 3 is 2.43 bits per heavy atom. The van der Waals surface area contributed by atoms with Gasteiger partial charge in [-0.3, -0.25) is 13.9 Å². The van der Waals surface area contributed by atoms with Gasteiger partial charge in [0, 0.05) is 19.2 Å². The number of ether oxygens (including phenoxy) is 2. The van der Waals surface area contributed by atoms with E-state index < -0.39 is 28.5 Å². The molecule has 0 saturated carbocycles. The quantitative estimate of drug-likeness (QED) is 0.492. The molecule has 3 rings (SSSR count). The van der Waals surface area contributed by atoms with Gasteiger partial charge in [0.15, 0.2) is 11.5 Å². The summed E-state index contributed by atoms with van der Waals surface area (Å²) in [5.41, 5.74) is 0.890. The lowest BCUT2D eigenvalue weighted by Crippen LogP contribution is -2.51. The fourth-order valence-corrected chi connectivity index (χ4v) is 4.87. The topological polar surface area (TPSA) is 105 Å². The molecule has 0 saturated heterocycles. The van der Waals surface area contributed by atoms with Crippen molar-refractivity contribution in [3.05, 3.63) is 52.0 Å². The van der Waals surface area contributed by atoms with Gasteiger partial charge >= 0.3 is 0 Å². The van der Waals surface area contributed by atoms with E-state index in [-0.39, 0.29) is 30.7 Å². The van der Waals surface area contributed by atoms with Crippen molar-refractivity contribution in [1.82, 2.24) is 10.2 Å². The molecule has 1 aliphatic rings. The smallest absolute Gasteiger partial charge is 0.244 e. The zero-order valence-corrected chi connectivity index (χ0v) is 21.9. The first-order valence-corrected chi connectivity index (χ1v) is 13.3. The molecule has 0 radical (unpaired) electrons. The van der Waals surface area contributed by atoms with Crippen molar-refractivity contribution < 1.29 is 27.5 Å². The molecule has 2 amide bonds. The lowest BCUT2D eigenvalue weighted by Gasteiger charge is -2.32. The van der Waals surface area contributed by atoms with Gasteiger partial charge in [-0.1, -0.05) is 29.3 Å². The Morgan fingerprint density at radius 2 is 1.77 bits per heavy atom. The molecule has 2 aromatic carbocycles. The van der Waals surface area contributed by atoms with Crippen molar-refractivity contribution >= 4 is 50.7 Å². The highest BCUT2D eigenvalue weighted by Gasteiger charge is 2.31. The third-order valence-corrected chi connectivity index (χ3v) is 7.96. The molecule has 1 aliphatic heterocycles. The number of amides is 2. The highest BCUT2D eigenvalue weighted by atomic mass is 35.5. The molecule has 0 fully saturated rings. The number of benzene rings is 2. The Balaban J connectivity index is 1.95. The van der Waals surface area contributed by atoms with Crippen LogP contribution in [0, 0.1) is 0 Å². The van der Waals surface area contributed by atoms with Crippen LogP contribution in [0.2, 0.25) is 10.0 Å². The average Bonchev–Trinajstić information content (AvgIpc) is 3.30. The molecular weight excluding hydrogens is 517 g/mol. The van der Waals surface area contributed by atoms with Crippen molar-refractivity contribution in [1.29, 1.82) is 0 Å². The van der Waals surface area contributed by atoms with E-state index in [1.54, 1.807) is 44.2 Å². The fraction of sp³-hybridized carbons (Fsp3) is 0.391. The second-order valence-corrected chi connectivity index (χ2v) is 10.8. The fourth-order valence-electron chi connectivity index (χ4n) is 3.50. The number of anilines is 1. The number of nitrogens with zero attached hydrogens (tertiary/aromatic N) is 2. The number of sulfonamides is 1. The molecule has 1 N–H and O–H groups in total. The van der Waals surface area contributed by atoms with E-state index >= 15 is 0 Å². The van der Waals surface area contributed by atoms with Gasteiger partial charge in [-0.15, -0.1) is 0 Å². The SMILES string of the molecule is CCNC(=O)[C@@H](C)N(Cc1ccc(Cl)c(Cl)c1)C(=O)CN(c1ccc2c(c1)OCO2)S(=O)(=O)CC. The van der Waals surface area contributed by atoms with Gasteiger partial charge in [0.1, 0.15) is 12.6 Å². The van der Waals surface area contributed by atoms with Gasteiger partial charge in [0.2, 0.25) is 28.6 Å². The molecule has 2 aromatic rings. The van der Waals surface area contributed by atoms with Crippen molar-refractivity contribution in [3.8, 4) is 11.5 Å². The Bertz CT molecular complexity index is 1210. The summed E-state index contributed by atoms with van der Waals surface area (Å²) in [7, 11) is -3.85. The maximum absolute atomic E-state index is 13.6. The third-order valence-electron chi connectivity index (χ3n) is 5.48. The zero-order chi connectivity index (χ0) is 25.8. The summed E-state index contributed by atoms with van der Waals surface area (Å²) >= 11 is 12.1. The van der Waals surface area contributed by atoms with Gasteiger partial charge in [0.05, 0.1) is 21.5 Å². The summed E-state index contributed by atoms with van der Waals surface area (Å²) in [5.74, 6) is -0.291. The predicted molar refractivity (Wildman–Crippen MR) is 135 cm³/mol. The molecule has 35 heavy (non-hydrogen) atoms. The number of likely N-dealkylation sites (N-methyl/N-ethyl adjacent to an activating group) is 1. The van der Waals surface area contributed by atoms with Crippen LogP contribution < -0.4 is 19.1 Å². The van der Waals surface area contributed by atoms with Crippen LogP contribution in [0.5, 0.6) is 11.5 Å². The number of hydrogen-bond donors (Lipinski definition) is 1. The summed E-state index contributed by atoms with van der Waals surface area (Å²) in [6.07, 6.45) is 0. The van der Waals surface area contributed by atoms with Gasteiger partial charge in [0.25, 0.3) is 0 Å². The summed E-state index contributed by atoms with van der Waals surface area (Å²) in [6.45, 7) is 4.76. The molecule has 190 valence electrons. The van der Waals surface area contributed by atoms with E-state index in [9.17, 15) is 18.0 Å². The molecule has 0 aromatic heterocycles. The molecule has 0 aliphatic carbocycles. The molecule has 1 atom stereocenters. The lowest BCUT2D eigenvalue weighted by atomic mass is 10.1. The van der Waals surface area contributed by atoms with Gasteiger partial charge in [-0.2, -0.15) is 0 Å². The summed E-state index contributed by atoms with van der Waals surface area (Å²) < 4.78 is 37.6. The van der Waals surface area contributed by atoms with Crippen LogP contribution in [-0.2, 0) is 26.2 Å². The predicted octanol–water partition coefficient (Wildman–Crippen LogP) is 3.43. The number of hydrogen-bond acceptors (Lipinski definition) is 6. The Kier molecular flexibility index (Phi) is 8.74. The summed E-state index contributed by atoms with van der Waals surface area (Å²) in [4.78, 5) is 27.5. The van der Waals surface area contributed by atoms with E-state index in [4.69, 9.17) is 32.7 Å². The van der Waals surface area contributed by atoms with E-state index in [1.807, 2.05) is 0 Å². The first kappa shape index (κ1) is 26.9. The average molecular weight is 544 g/mol. The van der Waals surface area contributed by atoms with Crippen LogP contribution in [-0.4, -0.2) is 56.8 Å². The third kappa shape index (κ3) is 6.31. The van der Waals surface area contributed by atoms with E-state index in [0.29, 0.717) is 33.7 Å². The van der Waals surface area contributed by atoms with Crippen LogP contribution in [0.4, 0.5) is 5.69 Å². The van der Waals surface area contributed by atoms with Crippen molar-refractivity contribution in [2.75, 3.05) is 29.9 Å². The Labute approximate surface area is 214 Å². The van der Waals surface area contributed by atoms with E-state index in [1.165, 1.54) is 17.9 Å². The molecule has 0 unspecified atom stereocenters. The van der Waals surface area contributed by atoms with Gasteiger partial charge < -0.3 is 19.7 Å². The maximum atomic E-state index is 13.6. The summed E-state index contributed by atoms with van der Waals surface area (Å²) in [5, 5.41) is 3.36. The van der Waals surface area contributed by atoms with Crippen molar-refractivity contribution in [2.24, 2.45) is 0 Å². The Morgan fingerprint density at radius 1 is 1.06 bits per heavy atom. The van der Waals surface area contributed by atoms with Crippen LogP contribution in [0.3, 0.4) is 0 Å². The second kappa shape index (κ2) is 11.4. The van der Waals surface area contributed by atoms with Gasteiger partial charge in [-0.05, 0) is 50.6 Å². The lowest BCUT2D eigenvalue weighted by molar-refractivity contribution is -0.139. The summed E-state index contributed by atoms with van der Waals surface area (Å²) in [6, 6.07) is 8.66. The second-order valence-electron chi connectivity index (χ2n) is 7.79. The first-order chi connectivity index (χ1) is 16.6. The number of rotatable bonds is 10. The Hall–Kier alpha value is -2.69. The molecule has 12 heteroatoms. The van der Waals surface area contributed by atoms with E-state index in [2.05, 4.69) is 5.32 Å². The molecule has 0 spiro atoms. The van der Waals surface area contributed by atoms with Crippen LogP contribution in [0.15, 0.2) is 36.4 Å². The standard InChI is InChI=1S/C23H27Cl2N3O6S/c1-4-26-23(30)15(3)27(12-16-6-8-18(24)19(25)10-16)22(29)13-28(35(31,32)5-2)17-7-9-20-21(11-17)34-14-33-20/h6-11,15H,4-5,12-14H2,1-3H3,(H,26,30)/t15-/m1/s1. The zero-order valence-electron chi connectivity index (χ0n) is 19.6. The minimum atomic E-state index is -3.85. The number of halogens is 2.